The molecule has 1 aromatic heterocycles. The van der Waals surface area contributed by atoms with Crippen LogP contribution < -0.4 is 16.0 Å². The van der Waals surface area contributed by atoms with E-state index in [1.165, 1.54) is 283 Å². The summed E-state index contributed by atoms with van der Waals surface area (Å²) in [6.45, 7) is 29.9. The van der Waals surface area contributed by atoms with Crippen LogP contribution in [-0.2, 0) is 6.54 Å². The fourth-order valence-electron chi connectivity index (χ4n) is 17.5. The van der Waals surface area contributed by atoms with Gasteiger partial charge in [-0.15, -0.1) is 58.0 Å². The Balaban J connectivity index is 0.00000110. The highest BCUT2D eigenvalue weighted by molar-refractivity contribution is 6.21. The van der Waals surface area contributed by atoms with Gasteiger partial charge >= 0.3 is 0 Å². The zero-order valence-corrected chi connectivity index (χ0v) is 76.2. The lowest BCUT2D eigenvalue weighted by molar-refractivity contribution is 0.167. The lowest BCUT2D eigenvalue weighted by atomic mass is 9.79. The van der Waals surface area contributed by atoms with Crippen LogP contribution in [0, 0.1) is 65.1 Å². The summed E-state index contributed by atoms with van der Waals surface area (Å²) < 4.78 is 5.10. The maximum Gasteiger partial charge on any atom is 0.117 e. The van der Waals surface area contributed by atoms with Crippen LogP contribution in [0.5, 0.6) is 0 Å². The van der Waals surface area contributed by atoms with Crippen LogP contribution in [-0.4, -0.2) is 136 Å². The summed E-state index contributed by atoms with van der Waals surface area (Å²) in [6, 6.07) is 6.83. The summed E-state index contributed by atoms with van der Waals surface area (Å²) >= 11 is 29.8. The quantitative estimate of drug-likeness (QED) is 0.161. The minimum atomic E-state index is 0.389. The van der Waals surface area contributed by atoms with Gasteiger partial charge in [-0.3, -0.25) is 0 Å². The van der Waals surface area contributed by atoms with Crippen LogP contribution in [0.1, 0.15) is 371 Å². The molecule has 1 heterocycles. The summed E-state index contributed by atoms with van der Waals surface area (Å²) in [5.41, 5.74) is 0. The third-order valence-electron chi connectivity index (χ3n) is 25.3. The van der Waals surface area contributed by atoms with Crippen molar-refractivity contribution in [2.24, 2.45) is 65.1 Å². The summed E-state index contributed by atoms with van der Waals surface area (Å²) in [5.74, 6) is 11.9. The number of nitrogens with one attached hydrogen (secondary N) is 3. The van der Waals surface area contributed by atoms with Crippen molar-refractivity contribution in [2.45, 2.75) is 423 Å². The molecule has 16 atom stereocenters. The van der Waals surface area contributed by atoms with E-state index >= 15 is 0 Å². The predicted octanol–water partition coefficient (Wildman–Crippen LogP) is 27.8. The Morgan fingerprint density at radius 3 is 1.17 bits per heavy atom. The molecule has 10 saturated carbocycles. The van der Waals surface area contributed by atoms with Gasteiger partial charge in [0.2, 0.25) is 0 Å². The van der Waals surface area contributed by atoms with Gasteiger partial charge in [-0.1, -0.05) is 237 Å². The van der Waals surface area contributed by atoms with Gasteiger partial charge in [0.05, 0.1) is 12.8 Å². The van der Waals surface area contributed by atoms with E-state index in [4.69, 9.17) is 62.4 Å². The van der Waals surface area contributed by atoms with Gasteiger partial charge < -0.3 is 35.1 Å². The first-order valence-electron chi connectivity index (χ1n) is 44.5. The third kappa shape index (κ3) is 54.8. The molecule has 103 heavy (non-hydrogen) atoms. The molecule has 0 radical (unpaired) electrons. The predicted molar refractivity (Wildman–Crippen MR) is 469 cm³/mol. The Bertz CT molecular complexity index is 1830. The first-order valence-corrected chi connectivity index (χ1v) is 46.6. The molecule has 10 aliphatic rings. The Morgan fingerprint density at radius 2 is 0.845 bits per heavy atom. The van der Waals surface area contributed by atoms with Gasteiger partial charge in [0.25, 0.3) is 0 Å². The van der Waals surface area contributed by atoms with Gasteiger partial charge in [-0.25, -0.2) is 0 Å². The van der Waals surface area contributed by atoms with E-state index in [2.05, 4.69) is 149 Å². The largest absolute Gasteiger partial charge is 0.468 e. The van der Waals surface area contributed by atoms with Crippen molar-refractivity contribution in [2.75, 3.05) is 70.0 Å². The van der Waals surface area contributed by atoms with Crippen molar-refractivity contribution >= 4 is 58.0 Å². The molecular formula is C91H181Cl5N6O. The third-order valence-corrected chi connectivity index (χ3v) is 27.6. The molecule has 3 N–H and O–H groups in total. The topological polar surface area (TPSA) is 59.0 Å². The highest BCUT2D eigenvalue weighted by Gasteiger charge is 2.26. The second-order valence-corrected chi connectivity index (χ2v) is 38.1. The zero-order valence-electron chi connectivity index (χ0n) is 72.4. The molecule has 12 heteroatoms. The number of nitrogens with zero attached hydrogens (tertiary/aromatic N) is 3. The monoisotopic (exact) mass is 1550 g/mol. The second-order valence-electron chi connectivity index (χ2n) is 35.1. The minimum Gasteiger partial charge on any atom is -0.468 e. The number of hydrogen-bond donors (Lipinski definition) is 3. The molecule has 0 saturated heterocycles. The zero-order chi connectivity index (χ0) is 77.3. The summed E-state index contributed by atoms with van der Waals surface area (Å²) in [7, 11) is 18.6. The molecule has 616 valence electrons. The van der Waals surface area contributed by atoms with E-state index < -0.39 is 0 Å². The average Bonchev–Trinajstić information content (AvgIpc) is 1.83. The Labute approximate surface area is 670 Å². The Hall–Kier alpha value is 0.490. The second kappa shape index (κ2) is 67.0. The van der Waals surface area contributed by atoms with E-state index in [0.717, 1.165) is 95.9 Å². The molecule has 0 spiro atoms. The highest BCUT2D eigenvalue weighted by atomic mass is 35.5. The van der Waals surface area contributed by atoms with Crippen molar-refractivity contribution in [3.8, 4) is 0 Å². The number of alkyl halides is 5. The molecule has 0 aromatic carbocycles. The maximum absolute atomic E-state index is 6.08. The number of furan rings is 1. The molecule has 7 nitrogen and oxygen atoms in total. The van der Waals surface area contributed by atoms with Crippen molar-refractivity contribution in [3.63, 3.8) is 0 Å². The summed E-state index contributed by atoms with van der Waals surface area (Å²) in [5, 5.41) is 12.0. The van der Waals surface area contributed by atoms with Crippen molar-refractivity contribution in [1.82, 2.24) is 30.7 Å². The van der Waals surface area contributed by atoms with Crippen LogP contribution in [0.4, 0.5) is 0 Å². The molecule has 1 aromatic rings. The normalized spacial score (nSPS) is 33.0. The molecule has 0 bridgehead atoms. The first kappa shape index (κ1) is 103. The lowest BCUT2D eigenvalue weighted by Crippen LogP contribution is -2.36. The standard InChI is InChI=1S/C9H19N.3C9H18.3C8H15Cl.C7H11NO.C7H15N.2C6H12ClN.C5H13N/c1-8-6-4-5-7-9(8)10(2)3;1-3-9-6-4-8(2)5-7-9;1-3-9-6-4-5-8(2)7-9;1-3-9-7-5-4-6-8(9)2;1-2-7-3-5-8(9)6-4-7;1-2-7-4-3-5-8(9)6-7;1-2-7-5-3-4-6-8(7)9;1-8(2)6-7-4-3-5-9-7;1-6-3-4-7(5-6)8-2;1-8-6-3-2-5(7)4-6;1-8-6-4-2-3-5(6)7;1-4-5-6(2)3/h8-9H,4-7H2,1-3H3;3*8-9H,3-7H2,1-2H3;3*7-8H,2-6H2,1H3;3-5H,6H2,1-2H3;6-8H,3-5H2,1-2H3;2*5-6,8H,2-4H2,1H3;4-5H2,1-3H3. The molecule has 11 rings (SSSR count). The van der Waals surface area contributed by atoms with Crippen LogP contribution in [0.15, 0.2) is 22.8 Å². The molecule has 16 unspecified atom stereocenters. The number of halogens is 5. The smallest absolute Gasteiger partial charge is 0.117 e. The van der Waals surface area contributed by atoms with Gasteiger partial charge in [-0.2, -0.15) is 0 Å². The van der Waals surface area contributed by atoms with Crippen LogP contribution >= 0.6 is 58.0 Å². The maximum atomic E-state index is 6.08. The molecular weight excluding hydrogens is 1370 g/mol. The van der Waals surface area contributed by atoms with Gasteiger partial charge in [0.15, 0.2) is 0 Å². The Kier molecular flexibility index (Phi) is 67.4. The highest BCUT2D eigenvalue weighted by Crippen LogP contribution is 2.35. The van der Waals surface area contributed by atoms with E-state index in [1.54, 1.807) is 6.26 Å². The summed E-state index contributed by atoms with van der Waals surface area (Å²) in [4.78, 5) is 6.63. The van der Waals surface area contributed by atoms with E-state index in [1.807, 2.05) is 40.3 Å². The lowest BCUT2D eigenvalue weighted by Gasteiger charge is -2.33. The average molecular weight is 1550 g/mol. The first-order chi connectivity index (χ1) is 49.3. The SMILES string of the molecule is CC1CCCCC1N(C)C.CCC1CCC(C)CC1.CCC1CCC(Cl)CC1.CCC1CCCC(C)C1.CCC1CCCC(Cl)C1.CCC1CCCCC1C.CCC1CCCCC1Cl.CCCN(C)C.CN(C)Cc1ccco1.CNC1CCC(C)C1.CNC1CCC(Cl)C1.CNC1CCCC1Cl. The molecule has 0 aliphatic heterocycles. The van der Waals surface area contributed by atoms with Crippen LogP contribution in [0.2, 0.25) is 0 Å². The summed E-state index contributed by atoms with van der Waals surface area (Å²) in [6.07, 6.45) is 62.1. The molecule has 10 aliphatic carbocycles. The van der Waals surface area contributed by atoms with Crippen LogP contribution in [0.25, 0.3) is 0 Å². The molecule has 0 amide bonds. The van der Waals surface area contributed by atoms with Crippen molar-refractivity contribution in [1.29, 1.82) is 0 Å². The van der Waals surface area contributed by atoms with Gasteiger partial charge in [0.1, 0.15) is 5.76 Å². The minimum absolute atomic E-state index is 0.389. The van der Waals surface area contributed by atoms with E-state index in [-0.39, 0.29) is 0 Å². The van der Waals surface area contributed by atoms with Gasteiger partial charge in [0, 0.05) is 51.1 Å². The van der Waals surface area contributed by atoms with Crippen LogP contribution in [0.3, 0.4) is 0 Å². The molecule has 10 fully saturated rings. The number of rotatable bonds is 14. The van der Waals surface area contributed by atoms with Crippen molar-refractivity contribution in [3.05, 3.63) is 24.2 Å². The van der Waals surface area contributed by atoms with E-state index in [0.29, 0.717) is 39.0 Å². The van der Waals surface area contributed by atoms with Gasteiger partial charge in [-0.05, 0) is 276 Å². The fourth-order valence-corrected chi connectivity index (χ4v) is 19.4. The number of hydrogen-bond acceptors (Lipinski definition) is 7. The van der Waals surface area contributed by atoms with E-state index in [9.17, 15) is 0 Å². The van der Waals surface area contributed by atoms with Crippen molar-refractivity contribution < 1.29 is 4.42 Å². The Morgan fingerprint density at radius 1 is 0.379 bits per heavy atom. The fraction of sp³-hybridized carbons (Fsp3) is 0.956.